The lowest BCUT2D eigenvalue weighted by atomic mass is 10.0. The average molecular weight is 349 g/mol. The Kier molecular flexibility index (Phi) is 4.78. The van der Waals surface area contributed by atoms with Crippen molar-refractivity contribution >= 4 is 38.9 Å². The SMILES string of the molecule is CNC(Cc1cc(F)cc(Br)c1)c1ccc(Cl)s1. The first-order chi connectivity index (χ1) is 8.58. The molecule has 0 fully saturated rings. The Morgan fingerprint density at radius 2 is 2.17 bits per heavy atom. The molecule has 0 aliphatic carbocycles. The van der Waals surface area contributed by atoms with E-state index in [9.17, 15) is 4.39 Å². The minimum Gasteiger partial charge on any atom is -0.312 e. The zero-order valence-corrected chi connectivity index (χ0v) is 12.9. The molecule has 1 unspecified atom stereocenters. The molecule has 2 rings (SSSR count). The van der Waals surface area contributed by atoms with Gasteiger partial charge in [-0.05, 0) is 49.4 Å². The van der Waals surface area contributed by atoms with Crippen LogP contribution < -0.4 is 5.32 Å². The molecule has 0 bridgehead atoms. The molecule has 0 saturated carbocycles. The number of benzene rings is 1. The van der Waals surface area contributed by atoms with Crippen molar-refractivity contribution in [1.29, 1.82) is 0 Å². The number of likely N-dealkylation sites (N-methyl/N-ethyl adjacent to an activating group) is 1. The van der Waals surface area contributed by atoms with Gasteiger partial charge in [-0.1, -0.05) is 27.5 Å². The van der Waals surface area contributed by atoms with Crippen LogP contribution in [0.1, 0.15) is 16.5 Å². The molecule has 1 heterocycles. The van der Waals surface area contributed by atoms with E-state index in [0.717, 1.165) is 25.7 Å². The van der Waals surface area contributed by atoms with Gasteiger partial charge in [0.15, 0.2) is 0 Å². The summed E-state index contributed by atoms with van der Waals surface area (Å²) in [7, 11) is 1.90. The first kappa shape index (κ1) is 14.0. The van der Waals surface area contributed by atoms with Crippen LogP contribution >= 0.6 is 38.9 Å². The number of hydrogen-bond acceptors (Lipinski definition) is 2. The summed E-state index contributed by atoms with van der Waals surface area (Å²) >= 11 is 10.8. The van der Waals surface area contributed by atoms with E-state index in [1.54, 1.807) is 17.4 Å². The molecule has 2 aromatic rings. The van der Waals surface area contributed by atoms with Gasteiger partial charge in [-0.15, -0.1) is 11.3 Å². The van der Waals surface area contributed by atoms with Crippen molar-refractivity contribution in [3.8, 4) is 0 Å². The highest BCUT2D eigenvalue weighted by molar-refractivity contribution is 9.10. The minimum atomic E-state index is -0.224. The van der Waals surface area contributed by atoms with Crippen LogP contribution in [0, 0.1) is 5.82 Å². The molecular weight excluding hydrogens is 337 g/mol. The maximum atomic E-state index is 13.3. The second-order valence-corrected chi connectivity index (χ2v) is 6.63. The molecule has 0 spiro atoms. The second kappa shape index (κ2) is 6.15. The van der Waals surface area contributed by atoms with Crippen LogP contribution in [0.3, 0.4) is 0 Å². The number of halogens is 3. The molecule has 0 aliphatic heterocycles. The summed E-state index contributed by atoms with van der Waals surface area (Å²) in [5.74, 6) is -0.224. The molecule has 0 amide bonds. The maximum absolute atomic E-state index is 13.3. The van der Waals surface area contributed by atoms with Crippen molar-refractivity contribution in [1.82, 2.24) is 5.32 Å². The Balaban J connectivity index is 2.20. The molecule has 0 aliphatic rings. The highest BCUT2D eigenvalue weighted by Crippen LogP contribution is 2.29. The van der Waals surface area contributed by atoms with E-state index >= 15 is 0 Å². The van der Waals surface area contributed by atoms with E-state index < -0.39 is 0 Å². The molecule has 96 valence electrons. The fourth-order valence-corrected chi connectivity index (χ4v) is 3.51. The summed E-state index contributed by atoms with van der Waals surface area (Å²) in [4.78, 5) is 1.16. The first-order valence-electron chi connectivity index (χ1n) is 5.46. The summed E-state index contributed by atoms with van der Waals surface area (Å²) in [6.07, 6.45) is 0.726. The molecule has 1 aromatic heterocycles. The number of nitrogens with one attached hydrogen (secondary N) is 1. The maximum Gasteiger partial charge on any atom is 0.124 e. The summed E-state index contributed by atoms with van der Waals surface area (Å²) in [5.41, 5.74) is 0.950. The van der Waals surface area contributed by atoms with Gasteiger partial charge < -0.3 is 5.32 Å². The van der Waals surface area contributed by atoms with Crippen molar-refractivity contribution in [2.24, 2.45) is 0 Å². The fraction of sp³-hybridized carbons (Fsp3) is 0.231. The predicted octanol–water partition coefficient (Wildman–Crippen LogP) is 4.81. The van der Waals surface area contributed by atoms with Gasteiger partial charge in [0.1, 0.15) is 5.82 Å². The number of thiophene rings is 1. The van der Waals surface area contributed by atoms with Crippen LogP contribution in [0.5, 0.6) is 0 Å². The Bertz CT molecular complexity index is 523. The lowest BCUT2D eigenvalue weighted by Gasteiger charge is -2.14. The molecule has 1 nitrogen and oxygen atoms in total. The second-order valence-electron chi connectivity index (χ2n) is 3.96. The summed E-state index contributed by atoms with van der Waals surface area (Å²) in [6.45, 7) is 0. The lowest BCUT2D eigenvalue weighted by Crippen LogP contribution is -2.17. The molecule has 5 heteroatoms. The molecule has 18 heavy (non-hydrogen) atoms. The van der Waals surface area contributed by atoms with Crippen molar-refractivity contribution in [3.05, 3.63) is 55.4 Å². The van der Waals surface area contributed by atoms with E-state index in [0.29, 0.717) is 0 Å². The Morgan fingerprint density at radius 3 is 2.72 bits per heavy atom. The van der Waals surface area contributed by atoms with Crippen LogP contribution in [0.25, 0.3) is 0 Å². The van der Waals surface area contributed by atoms with E-state index in [-0.39, 0.29) is 11.9 Å². The smallest absolute Gasteiger partial charge is 0.124 e. The van der Waals surface area contributed by atoms with Crippen molar-refractivity contribution < 1.29 is 4.39 Å². The zero-order chi connectivity index (χ0) is 13.1. The quantitative estimate of drug-likeness (QED) is 0.836. The Hall–Kier alpha value is -0.420. The molecular formula is C13H12BrClFNS. The Morgan fingerprint density at radius 1 is 1.39 bits per heavy atom. The molecule has 0 saturated heterocycles. The van der Waals surface area contributed by atoms with Gasteiger partial charge in [0.2, 0.25) is 0 Å². The standard InChI is InChI=1S/C13H12BrClFNS/c1-17-11(12-2-3-13(15)18-12)6-8-4-9(14)7-10(16)5-8/h2-5,7,11,17H,6H2,1H3. The van der Waals surface area contributed by atoms with Gasteiger partial charge in [-0.3, -0.25) is 0 Å². The van der Waals surface area contributed by atoms with E-state index in [2.05, 4.69) is 21.2 Å². The normalized spacial score (nSPS) is 12.7. The summed E-state index contributed by atoms with van der Waals surface area (Å²) < 4.78 is 14.8. The monoisotopic (exact) mass is 347 g/mol. The van der Waals surface area contributed by atoms with Crippen LogP contribution in [-0.4, -0.2) is 7.05 Å². The predicted molar refractivity (Wildman–Crippen MR) is 78.9 cm³/mol. The number of rotatable bonds is 4. The summed E-state index contributed by atoms with van der Waals surface area (Å²) in [5, 5.41) is 3.23. The van der Waals surface area contributed by atoms with Crippen molar-refractivity contribution in [2.45, 2.75) is 12.5 Å². The molecule has 1 aromatic carbocycles. The van der Waals surface area contributed by atoms with Crippen LogP contribution in [0.15, 0.2) is 34.8 Å². The van der Waals surface area contributed by atoms with Crippen molar-refractivity contribution in [2.75, 3.05) is 7.05 Å². The minimum absolute atomic E-state index is 0.149. The molecule has 0 radical (unpaired) electrons. The third kappa shape index (κ3) is 3.54. The van der Waals surface area contributed by atoms with Crippen LogP contribution in [0.4, 0.5) is 4.39 Å². The highest BCUT2D eigenvalue weighted by atomic mass is 79.9. The van der Waals surface area contributed by atoms with Crippen LogP contribution in [0.2, 0.25) is 4.34 Å². The van der Waals surface area contributed by atoms with Gasteiger partial charge in [-0.2, -0.15) is 0 Å². The van der Waals surface area contributed by atoms with Crippen LogP contribution in [-0.2, 0) is 6.42 Å². The van der Waals surface area contributed by atoms with Crippen molar-refractivity contribution in [3.63, 3.8) is 0 Å². The largest absolute Gasteiger partial charge is 0.312 e. The lowest BCUT2D eigenvalue weighted by molar-refractivity contribution is 0.591. The third-order valence-corrected chi connectivity index (χ3v) is 4.45. The fourth-order valence-electron chi connectivity index (χ4n) is 1.82. The molecule has 1 N–H and O–H groups in total. The third-order valence-electron chi connectivity index (χ3n) is 2.65. The zero-order valence-electron chi connectivity index (χ0n) is 9.71. The number of hydrogen-bond donors (Lipinski definition) is 1. The van der Waals surface area contributed by atoms with Gasteiger partial charge in [0, 0.05) is 15.4 Å². The van der Waals surface area contributed by atoms with Gasteiger partial charge in [0.25, 0.3) is 0 Å². The first-order valence-corrected chi connectivity index (χ1v) is 7.44. The van der Waals surface area contributed by atoms with Gasteiger partial charge in [0.05, 0.1) is 4.34 Å². The average Bonchev–Trinajstić information content (AvgIpc) is 2.71. The van der Waals surface area contributed by atoms with Gasteiger partial charge >= 0.3 is 0 Å². The summed E-state index contributed by atoms with van der Waals surface area (Å²) in [6, 6.07) is 8.99. The van der Waals surface area contributed by atoms with E-state index in [1.807, 2.05) is 25.2 Å². The Labute approximate surface area is 123 Å². The van der Waals surface area contributed by atoms with E-state index in [4.69, 9.17) is 11.6 Å². The molecule has 1 atom stereocenters. The topological polar surface area (TPSA) is 12.0 Å². The van der Waals surface area contributed by atoms with E-state index in [1.165, 1.54) is 6.07 Å². The van der Waals surface area contributed by atoms with Gasteiger partial charge in [-0.25, -0.2) is 4.39 Å². The highest BCUT2D eigenvalue weighted by Gasteiger charge is 2.13.